The fraction of sp³-hybridized carbons (Fsp3) is 0.429. The second-order valence-corrected chi connectivity index (χ2v) is 9.05. The Labute approximate surface area is 173 Å². The normalized spacial score (nSPS) is 19.4. The molecule has 1 aliphatic rings. The summed E-state index contributed by atoms with van der Waals surface area (Å²) in [6.07, 6.45) is 2.43. The standard InChI is InChI=1S/C21H24N4O3S/c1-13-8-10-24(11-9-13)12-18-22-20(19-14(2)15(3)29-21(19)23-18)28-17-7-5-4-6-16(17)25(26)27/h4-7,13H,8-12H2,1-3H3/p+1. The summed E-state index contributed by atoms with van der Waals surface area (Å²) in [7, 11) is 0. The van der Waals surface area contributed by atoms with Crippen LogP contribution in [0.15, 0.2) is 24.3 Å². The van der Waals surface area contributed by atoms with Gasteiger partial charge in [-0.2, -0.15) is 4.98 Å². The van der Waals surface area contributed by atoms with Gasteiger partial charge in [-0.05, 0) is 44.2 Å². The summed E-state index contributed by atoms with van der Waals surface area (Å²) in [4.78, 5) is 24.0. The van der Waals surface area contributed by atoms with Crippen molar-refractivity contribution in [1.29, 1.82) is 0 Å². The van der Waals surface area contributed by atoms with Gasteiger partial charge >= 0.3 is 5.69 Å². The molecular formula is C21H25N4O3S+. The number of aromatic nitrogens is 2. The largest absolute Gasteiger partial charge is 0.431 e. The number of nitrogens with one attached hydrogen (secondary N) is 1. The van der Waals surface area contributed by atoms with Gasteiger partial charge in [-0.1, -0.05) is 19.1 Å². The van der Waals surface area contributed by atoms with E-state index >= 15 is 0 Å². The van der Waals surface area contributed by atoms with E-state index in [-0.39, 0.29) is 11.4 Å². The van der Waals surface area contributed by atoms with Crippen LogP contribution in [-0.4, -0.2) is 28.0 Å². The SMILES string of the molecule is Cc1sc2nc(C[NH+]3CCC(C)CC3)nc(Oc3ccccc3[N+](=O)[O-])c2c1C. The number of quaternary nitrogens is 1. The van der Waals surface area contributed by atoms with Gasteiger partial charge in [0.05, 0.1) is 23.4 Å². The van der Waals surface area contributed by atoms with E-state index < -0.39 is 4.92 Å². The average molecular weight is 414 g/mol. The highest BCUT2D eigenvalue weighted by molar-refractivity contribution is 7.18. The van der Waals surface area contributed by atoms with E-state index in [4.69, 9.17) is 14.7 Å². The maximum absolute atomic E-state index is 11.4. The Balaban J connectivity index is 1.73. The predicted octanol–water partition coefficient (Wildman–Crippen LogP) is 3.82. The van der Waals surface area contributed by atoms with Gasteiger partial charge in [0.15, 0.2) is 5.82 Å². The van der Waals surface area contributed by atoms with Gasteiger partial charge in [-0.3, -0.25) is 10.1 Å². The summed E-state index contributed by atoms with van der Waals surface area (Å²) in [5, 5.41) is 12.2. The van der Waals surface area contributed by atoms with Crippen LogP contribution in [0.25, 0.3) is 10.2 Å². The lowest BCUT2D eigenvalue weighted by molar-refractivity contribution is -0.920. The van der Waals surface area contributed by atoms with Crippen molar-refractivity contribution in [2.24, 2.45) is 5.92 Å². The Morgan fingerprint density at radius 1 is 1.24 bits per heavy atom. The first kappa shape index (κ1) is 19.7. The zero-order valence-electron chi connectivity index (χ0n) is 16.9. The number of benzene rings is 1. The van der Waals surface area contributed by atoms with E-state index in [1.807, 2.05) is 13.8 Å². The first-order valence-electron chi connectivity index (χ1n) is 9.94. The molecule has 3 heterocycles. The minimum absolute atomic E-state index is 0.0685. The zero-order chi connectivity index (χ0) is 20.5. The number of para-hydroxylation sites is 2. The molecule has 1 N–H and O–H groups in total. The van der Waals surface area contributed by atoms with Crippen LogP contribution in [0.4, 0.5) is 5.69 Å². The maximum atomic E-state index is 11.4. The monoisotopic (exact) mass is 413 g/mol. The van der Waals surface area contributed by atoms with Crippen LogP contribution in [-0.2, 0) is 6.54 Å². The minimum Gasteiger partial charge on any atom is -0.431 e. The van der Waals surface area contributed by atoms with Gasteiger partial charge in [0.1, 0.15) is 11.4 Å². The molecule has 1 saturated heterocycles. The number of aryl methyl sites for hydroxylation is 2. The van der Waals surface area contributed by atoms with Gasteiger partial charge < -0.3 is 9.64 Å². The summed E-state index contributed by atoms with van der Waals surface area (Å²) in [6, 6.07) is 6.41. The molecule has 152 valence electrons. The Morgan fingerprint density at radius 2 is 1.97 bits per heavy atom. The van der Waals surface area contributed by atoms with Crippen LogP contribution >= 0.6 is 11.3 Å². The van der Waals surface area contributed by atoms with Gasteiger partial charge in [0, 0.05) is 10.9 Å². The number of hydrogen-bond donors (Lipinski definition) is 1. The minimum atomic E-state index is -0.431. The van der Waals surface area contributed by atoms with E-state index in [1.165, 1.54) is 23.8 Å². The van der Waals surface area contributed by atoms with Gasteiger partial charge in [-0.15, -0.1) is 11.3 Å². The Hall–Kier alpha value is -2.58. The fourth-order valence-electron chi connectivity index (χ4n) is 3.78. The summed E-state index contributed by atoms with van der Waals surface area (Å²) >= 11 is 1.62. The fourth-order valence-corrected chi connectivity index (χ4v) is 4.82. The number of likely N-dealkylation sites (tertiary alicyclic amines) is 1. The third-order valence-electron chi connectivity index (χ3n) is 5.70. The molecule has 0 saturated carbocycles. The van der Waals surface area contributed by atoms with Crippen LogP contribution < -0.4 is 9.64 Å². The van der Waals surface area contributed by atoms with Crippen molar-refractivity contribution < 1.29 is 14.6 Å². The lowest BCUT2D eigenvalue weighted by Gasteiger charge is -2.26. The number of ether oxygens (including phenoxy) is 1. The molecule has 4 rings (SSSR count). The van der Waals surface area contributed by atoms with Gasteiger partial charge in [-0.25, -0.2) is 4.98 Å². The van der Waals surface area contributed by atoms with Gasteiger partial charge in [0.25, 0.3) is 0 Å². The van der Waals surface area contributed by atoms with Crippen molar-refractivity contribution in [3.8, 4) is 11.6 Å². The lowest BCUT2D eigenvalue weighted by Crippen LogP contribution is -3.11. The van der Waals surface area contributed by atoms with Crippen molar-refractivity contribution in [3.05, 3.63) is 50.6 Å². The second-order valence-electron chi connectivity index (χ2n) is 7.84. The molecule has 8 heteroatoms. The van der Waals surface area contributed by atoms with E-state index in [1.54, 1.807) is 29.5 Å². The molecular weight excluding hydrogens is 388 g/mol. The molecule has 29 heavy (non-hydrogen) atoms. The molecule has 0 unspecified atom stereocenters. The second kappa shape index (κ2) is 8.04. The average Bonchev–Trinajstić information content (AvgIpc) is 2.98. The van der Waals surface area contributed by atoms with Gasteiger partial charge in [0.2, 0.25) is 11.6 Å². The first-order valence-corrected chi connectivity index (χ1v) is 10.8. The Morgan fingerprint density at radius 3 is 2.69 bits per heavy atom. The molecule has 1 aliphatic heterocycles. The quantitative estimate of drug-likeness (QED) is 0.508. The molecule has 0 aliphatic carbocycles. The Kier molecular flexibility index (Phi) is 5.47. The van der Waals surface area contributed by atoms with E-state index in [2.05, 4.69) is 6.92 Å². The molecule has 0 spiro atoms. The predicted molar refractivity (Wildman–Crippen MR) is 113 cm³/mol. The molecule has 0 bridgehead atoms. The molecule has 0 atom stereocenters. The van der Waals surface area contributed by atoms with Crippen LogP contribution in [0.2, 0.25) is 0 Å². The van der Waals surface area contributed by atoms with Crippen LogP contribution in [0.5, 0.6) is 11.6 Å². The number of nitro benzene ring substituents is 1. The third-order valence-corrected chi connectivity index (χ3v) is 6.80. The highest BCUT2D eigenvalue weighted by atomic mass is 32.1. The molecule has 7 nitrogen and oxygen atoms in total. The van der Waals surface area contributed by atoms with Crippen molar-refractivity contribution in [2.45, 2.75) is 40.2 Å². The molecule has 0 amide bonds. The highest BCUT2D eigenvalue weighted by Gasteiger charge is 2.24. The van der Waals surface area contributed by atoms with Crippen LogP contribution in [0.3, 0.4) is 0 Å². The highest BCUT2D eigenvalue weighted by Crippen LogP contribution is 2.38. The van der Waals surface area contributed by atoms with Crippen molar-refractivity contribution in [1.82, 2.24) is 9.97 Å². The number of fused-ring (bicyclic) bond motifs is 1. The molecule has 2 aromatic heterocycles. The smallest absolute Gasteiger partial charge is 0.311 e. The number of piperidine rings is 1. The van der Waals surface area contributed by atoms with E-state index in [9.17, 15) is 10.1 Å². The summed E-state index contributed by atoms with van der Waals surface area (Å²) in [5.41, 5.74) is 0.991. The Bertz CT molecular complexity index is 1060. The molecule has 3 aromatic rings. The number of nitro groups is 1. The van der Waals surface area contributed by atoms with E-state index in [0.717, 1.165) is 52.0 Å². The zero-order valence-corrected chi connectivity index (χ0v) is 17.7. The van der Waals surface area contributed by atoms with Crippen LogP contribution in [0, 0.1) is 29.9 Å². The van der Waals surface area contributed by atoms with Crippen molar-refractivity contribution in [3.63, 3.8) is 0 Å². The maximum Gasteiger partial charge on any atom is 0.311 e. The molecule has 1 fully saturated rings. The van der Waals surface area contributed by atoms with Crippen molar-refractivity contribution in [2.75, 3.05) is 13.1 Å². The first-order chi connectivity index (χ1) is 13.9. The molecule has 1 aromatic carbocycles. The number of rotatable bonds is 5. The number of hydrogen-bond acceptors (Lipinski definition) is 6. The lowest BCUT2D eigenvalue weighted by atomic mass is 9.99. The number of thiophene rings is 1. The number of nitrogens with zero attached hydrogens (tertiary/aromatic N) is 3. The topological polar surface area (TPSA) is 82.6 Å². The summed E-state index contributed by atoms with van der Waals surface area (Å²) < 4.78 is 6.03. The third kappa shape index (κ3) is 4.09. The van der Waals surface area contributed by atoms with Crippen molar-refractivity contribution >= 4 is 27.2 Å². The molecule has 0 radical (unpaired) electrons. The summed E-state index contributed by atoms with van der Waals surface area (Å²) in [5.74, 6) is 2.12. The summed E-state index contributed by atoms with van der Waals surface area (Å²) in [6.45, 7) is 9.34. The van der Waals surface area contributed by atoms with E-state index in [0.29, 0.717) is 5.88 Å². The van der Waals surface area contributed by atoms with Crippen LogP contribution in [0.1, 0.15) is 36.0 Å².